The summed E-state index contributed by atoms with van der Waals surface area (Å²) in [5.74, 6) is 0.992. The van der Waals surface area contributed by atoms with Crippen LogP contribution in [0.15, 0.2) is 48.4 Å². The Hall–Kier alpha value is -3.49. The molecule has 0 aromatic carbocycles. The van der Waals surface area contributed by atoms with Gasteiger partial charge >= 0.3 is 5.16 Å². The zero-order chi connectivity index (χ0) is 22.1. The van der Waals surface area contributed by atoms with E-state index in [2.05, 4.69) is 41.0 Å². The standard InChI is InChI=1S/C21H21N9OS/c1-32(31)21-24-8-4-18(28-21)29-9-5-14(11-29)17(2-6-22)30-12-15(10-27-30)19-16-3-7-23-20(16)26-13-25-19/h3-4,7-8,10,12-14,17H,2,5,9,11H2,1H3,(H,23,25,26). The third kappa shape index (κ3) is 3.79. The van der Waals surface area contributed by atoms with Crippen LogP contribution >= 0.6 is 0 Å². The summed E-state index contributed by atoms with van der Waals surface area (Å²) < 4.78 is 13.6. The van der Waals surface area contributed by atoms with E-state index in [1.165, 1.54) is 6.33 Å². The molecule has 4 aromatic heterocycles. The molecular weight excluding hydrogens is 426 g/mol. The lowest BCUT2D eigenvalue weighted by atomic mass is 9.96. The van der Waals surface area contributed by atoms with Gasteiger partial charge in [-0.2, -0.15) is 20.3 Å². The first-order valence-corrected chi connectivity index (χ1v) is 11.8. The molecule has 0 radical (unpaired) electrons. The summed E-state index contributed by atoms with van der Waals surface area (Å²) in [6.45, 7) is 1.55. The minimum Gasteiger partial charge on any atom is -0.609 e. The number of aromatic amines is 1. The molecule has 3 atom stereocenters. The maximum absolute atomic E-state index is 11.7. The first-order valence-electron chi connectivity index (χ1n) is 10.2. The minimum atomic E-state index is -1.23. The van der Waals surface area contributed by atoms with Crippen molar-refractivity contribution < 1.29 is 4.55 Å². The lowest BCUT2D eigenvalue weighted by Crippen LogP contribution is -2.26. The summed E-state index contributed by atoms with van der Waals surface area (Å²) in [7, 11) is 0. The SMILES string of the molecule is C[S+]([O-])c1nccc(N2CCC(C(CC#N)n3cc(-c4ncnc5[nH]ccc45)cn3)C2)n1. The van der Waals surface area contributed by atoms with Gasteiger partial charge in [0.2, 0.25) is 0 Å². The smallest absolute Gasteiger partial charge is 0.344 e. The second-order valence-electron chi connectivity index (χ2n) is 7.75. The Kier molecular flexibility index (Phi) is 5.46. The van der Waals surface area contributed by atoms with Gasteiger partial charge in [-0.3, -0.25) is 4.68 Å². The summed E-state index contributed by atoms with van der Waals surface area (Å²) in [5, 5.41) is 15.3. The topological polar surface area (TPSA) is 135 Å². The van der Waals surface area contributed by atoms with Crippen LogP contribution in [0, 0.1) is 17.2 Å². The van der Waals surface area contributed by atoms with Crippen molar-refractivity contribution in [2.45, 2.75) is 24.0 Å². The van der Waals surface area contributed by atoms with Crippen molar-refractivity contribution in [2.75, 3.05) is 24.2 Å². The van der Waals surface area contributed by atoms with Crippen molar-refractivity contribution in [1.29, 1.82) is 5.26 Å². The van der Waals surface area contributed by atoms with Crippen molar-refractivity contribution >= 4 is 28.0 Å². The first kappa shape index (κ1) is 20.4. The highest BCUT2D eigenvalue weighted by Crippen LogP contribution is 2.33. The zero-order valence-corrected chi connectivity index (χ0v) is 18.2. The molecule has 1 saturated heterocycles. The first-order chi connectivity index (χ1) is 15.6. The Morgan fingerprint density at radius 2 is 2.25 bits per heavy atom. The molecule has 4 aromatic rings. The number of aromatic nitrogens is 7. The Morgan fingerprint density at radius 1 is 1.34 bits per heavy atom. The van der Waals surface area contributed by atoms with E-state index in [9.17, 15) is 9.81 Å². The van der Waals surface area contributed by atoms with E-state index in [0.717, 1.165) is 47.6 Å². The molecule has 1 aliphatic heterocycles. The molecule has 0 aliphatic carbocycles. The Balaban J connectivity index is 1.39. The van der Waals surface area contributed by atoms with Gasteiger partial charge < -0.3 is 14.4 Å². The molecule has 5 rings (SSSR count). The fraction of sp³-hybridized carbons (Fsp3) is 0.333. The summed E-state index contributed by atoms with van der Waals surface area (Å²) in [5.41, 5.74) is 2.48. The second-order valence-corrected chi connectivity index (χ2v) is 9.02. The molecule has 1 fully saturated rings. The molecule has 32 heavy (non-hydrogen) atoms. The summed E-state index contributed by atoms with van der Waals surface area (Å²) in [6.07, 6.45) is 11.6. The number of hydrogen-bond donors (Lipinski definition) is 1. The average molecular weight is 448 g/mol. The van der Waals surface area contributed by atoms with E-state index in [4.69, 9.17) is 0 Å². The number of nitrogens with zero attached hydrogens (tertiary/aromatic N) is 8. The molecule has 1 aliphatic rings. The van der Waals surface area contributed by atoms with Gasteiger partial charge in [-0.25, -0.2) is 9.97 Å². The molecule has 5 heterocycles. The number of nitriles is 1. The van der Waals surface area contributed by atoms with Crippen LogP contribution in [0.2, 0.25) is 0 Å². The van der Waals surface area contributed by atoms with Crippen molar-refractivity contribution in [1.82, 2.24) is 34.7 Å². The van der Waals surface area contributed by atoms with E-state index in [0.29, 0.717) is 11.6 Å². The number of anilines is 1. The molecule has 162 valence electrons. The monoisotopic (exact) mass is 447 g/mol. The van der Waals surface area contributed by atoms with Crippen LogP contribution in [0.1, 0.15) is 18.9 Å². The predicted molar refractivity (Wildman–Crippen MR) is 119 cm³/mol. The Labute approximate surface area is 187 Å². The quantitative estimate of drug-likeness (QED) is 0.351. The number of H-pyrrole nitrogens is 1. The van der Waals surface area contributed by atoms with Crippen molar-refractivity contribution in [3.8, 4) is 17.3 Å². The van der Waals surface area contributed by atoms with E-state index < -0.39 is 11.2 Å². The second kappa shape index (κ2) is 8.57. The molecule has 10 nitrogen and oxygen atoms in total. The largest absolute Gasteiger partial charge is 0.609 e. The molecule has 0 saturated carbocycles. The fourth-order valence-corrected chi connectivity index (χ4v) is 4.70. The fourth-order valence-electron chi connectivity index (χ4n) is 4.27. The van der Waals surface area contributed by atoms with Crippen molar-refractivity contribution in [2.24, 2.45) is 5.92 Å². The summed E-state index contributed by atoms with van der Waals surface area (Å²) >= 11 is -1.23. The van der Waals surface area contributed by atoms with E-state index in [-0.39, 0.29) is 12.0 Å². The van der Waals surface area contributed by atoms with Crippen molar-refractivity contribution in [3.63, 3.8) is 0 Å². The van der Waals surface area contributed by atoms with Gasteiger partial charge in [-0.05, 0) is 18.6 Å². The molecule has 0 bridgehead atoms. The summed E-state index contributed by atoms with van der Waals surface area (Å²) in [6, 6.07) is 6.04. The number of nitrogens with one attached hydrogen (secondary N) is 1. The number of rotatable bonds is 6. The Morgan fingerprint density at radius 3 is 3.09 bits per heavy atom. The van der Waals surface area contributed by atoms with Gasteiger partial charge in [-0.15, -0.1) is 0 Å². The van der Waals surface area contributed by atoms with Crippen LogP contribution in [-0.2, 0) is 11.2 Å². The van der Waals surface area contributed by atoms with Gasteiger partial charge in [0.05, 0.1) is 30.4 Å². The lowest BCUT2D eigenvalue weighted by Gasteiger charge is -2.23. The summed E-state index contributed by atoms with van der Waals surface area (Å²) in [4.78, 5) is 22.5. The molecule has 0 spiro atoms. The van der Waals surface area contributed by atoms with Crippen LogP contribution in [0.25, 0.3) is 22.3 Å². The highest BCUT2D eigenvalue weighted by molar-refractivity contribution is 7.90. The molecule has 3 unspecified atom stereocenters. The van der Waals surface area contributed by atoms with Gasteiger partial charge in [0.15, 0.2) is 0 Å². The molecule has 0 amide bonds. The zero-order valence-electron chi connectivity index (χ0n) is 17.4. The normalized spacial score (nSPS) is 18.0. The highest BCUT2D eigenvalue weighted by atomic mass is 32.2. The lowest BCUT2D eigenvalue weighted by molar-refractivity contribution is 0.332. The van der Waals surface area contributed by atoms with E-state index in [1.807, 2.05) is 29.2 Å². The molecular formula is C21H21N9OS. The Bertz CT molecular complexity index is 1280. The third-order valence-corrected chi connectivity index (χ3v) is 6.55. The number of fused-ring (bicyclic) bond motifs is 1. The van der Waals surface area contributed by atoms with Gasteiger partial charge in [0.1, 0.15) is 24.0 Å². The molecule has 1 N–H and O–H groups in total. The molecule has 11 heteroatoms. The van der Waals surface area contributed by atoms with Crippen LogP contribution in [0.3, 0.4) is 0 Å². The van der Waals surface area contributed by atoms with E-state index >= 15 is 0 Å². The van der Waals surface area contributed by atoms with Gasteiger partial charge in [-0.1, -0.05) is 0 Å². The van der Waals surface area contributed by atoms with Crippen LogP contribution < -0.4 is 4.90 Å². The maximum Gasteiger partial charge on any atom is 0.344 e. The third-order valence-electron chi connectivity index (χ3n) is 5.84. The van der Waals surface area contributed by atoms with Crippen LogP contribution in [0.5, 0.6) is 0 Å². The predicted octanol–water partition coefficient (Wildman–Crippen LogP) is 2.33. The van der Waals surface area contributed by atoms with E-state index in [1.54, 1.807) is 18.6 Å². The number of hydrogen-bond acceptors (Lipinski definition) is 8. The van der Waals surface area contributed by atoms with Gasteiger partial charge in [0, 0.05) is 59.7 Å². The van der Waals surface area contributed by atoms with Gasteiger partial charge in [0.25, 0.3) is 0 Å². The highest BCUT2D eigenvalue weighted by Gasteiger charge is 2.32. The average Bonchev–Trinajstić information content (AvgIpc) is 3.58. The van der Waals surface area contributed by atoms with Crippen LogP contribution in [0.4, 0.5) is 5.82 Å². The van der Waals surface area contributed by atoms with Crippen molar-refractivity contribution in [3.05, 3.63) is 43.2 Å². The van der Waals surface area contributed by atoms with Crippen LogP contribution in [-0.4, -0.2) is 58.6 Å². The minimum absolute atomic E-state index is 0.0658. The maximum atomic E-state index is 11.7.